The van der Waals surface area contributed by atoms with Gasteiger partial charge in [-0.15, -0.1) is 0 Å². The van der Waals surface area contributed by atoms with E-state index in [0.29, 0.717) is 11.4 Å². The van der Waals surface area contributed by atoms with E-state index in [9.17, 15) is 4.79 Å². The lowest BCUT2D eigenvalue weighted by atomic mass is 9.94. The van der Waals surface area contributed by atoms with Crippen LogP contribution >= 0.6 is 0 Å². The minimum Gasteiger partial charge on any atom is -0.365 e. The first kappa shape index (κ1) is 11.9. The minimum absolute atomic E-state index is 0.448. The molecule has 98 valence electrons. The molecule has 19 heavy (non-hydrogen) atoms. The number of carbonyl (C=O) groups excluding carboxylic acids is 1. The summed E-state index contributed by atoms with van der Waals surface area (Å²) in [6.45, 7) is 1.90. The van der Waals surface area contributed by atoms with Crippen molar-refractivity contribution in [1.29, 1.82) is 0 Å². The monoisotopic (exact) mass is 256 g/mol. The molecule has 2 aromatic rings. The Morgan fingerprint density at radius 1 is 1.37 bits per heavy atom. The van der Waals surface area contributed by atoms with Gasteiger partial charge in [0.05, 0.1) is 11.3 Å². The summed E-state index contributed by atoms with van der Waals surface area (Å²) in [5.41, 5.74) is 9.02. The molecule has 2 aromatic heterocycles. The molecule has 0 unspecified atom stereocenters. The molecule has 0 atom stereocenters. The quantitative estimate of drug-likeness (QED) is 0.886. The van der Waals surface area contributed by atoms with Crippen molar-refractivity contribution >= 4 is 5.91 Å². The molecule has 0 aromatic carbocycles. The van der Waals surface area contributed by atoms with Crippen LogP contribution in [-0.4, -0.2) is 20.7 Å². The van der Waals surface area contributed by atoms with Crippen LogP contribution in [0.4, 0.5) is 0 Å². The van der Waals surface area contributed by atoms with Crippen LogP contribution in [0.2, 0.25) is 0 Å². The van der Waals surface area contributed by atoms with Gasteiger partial charge in [-0.1, -0.05) is 0 Å². The number of aromatic nitrogens is 3. The number of rotatable bonds is 2. The maximum absolute atomic E-state index is 11.6. The lowest BCUT2D eigenvalue weighted by molar-refractivity contribution is 0.0999. The van der Waals surface area contributed by atoms with Crippen LogP contribution < -0.4 is 5.73 Å². The van der Waals surface area contributed by atoms with E-state index in [4.69, 9.17) is 5.73 Å². The zero-order valence-electron chi connectivity index (χ0n) is 10.9. The van der Waals surface area contributed by atoms with E-state index in [0.717, 1.165) is 42.6 Å². The summed E-state index contributed by atoms with van der Waals surface area (Å²) in [7, 11) is 0. The third kappa shape index (κ3) is 2.12. The van der Waals surface area contributed by atoms with E-state index in [1.54, 1.807) is 10.9 Å². The fourth-order valence-electron chi connectivity index (χ4n) is 2.51. The van der Waals surface area contributed by atoms with Crippen LogP contribution in [0.5, 0.6) is 0 Å². The zero-order valence-corrected chi connectivity index (χ0v) is 10.9. The van der Waals surface area contributed by atoms with Gasteiger partial charge < -0.3 is 5.73 Å². The average Bonchev–Trinajstić information content (AvgIpc) is 2.83. The summed E-state index contributed by atoms with van der Waals surface area (Å²) >= 11 is 0. The Balaban J connectivity index is 2.18. The second kappa shape index (κ2) is 4.50. The van der Waals surface area contributed by atoms with E-state index in [-0.39, 0.29) is 0 Å². The van der Waals surface area contributed by atoms with Gasteiger partial charge >= 0.3 is 0 Å². The van der Waals surface area contributed by atoms with Gasteiger partial charge in [0.2, 0.25) is 0 Å². The molecule has 0 fully saturated rings. The van der Waals surface area contributed by atoms with Gasteiger partial charge in [-0.05, 0) is 50.3 Å². The van der Waals surface area contributed by atoms with E-state index in [1.165, 1.54) is 0 Å². The Kier molecular flexibility index (Phi) is 2.81. The van der Waals surface area contributed by atoms with Gasteiger partial charge in [0.15, 0.2) is 5.82 Å². The van der Waals surface area contributed by atoms with E-state index in [2.05, 4.69) is 10.1 Å². The molecule has 1 aliphatic rings. The smallest absolute Gasteiger partial charge is 0.252 e. The fourth-order valence-corrected chi connectivity index (χ4v) is 2.51. The predicted molar refractivity (Wildman–Crippen MR) is 71.3 cm³/mol. The van der Waals surface area contributed by atoms with Crippen molar-refractivity contribution in [3.8, 4) is 5.82 Å². The zero-order chi connectivity index (χ0) is 13.4. The summed E-state index contributed by atoms with van der Waals surface area (Å²) in [4.78, 5) is 16.2. The topological polar surface area (TPSA) is 73.8 Å². The molecule has 1 aliphatic carbocycles. The number of nitrogens with two attached hydrogens (primary N) is 1. The first-order valence-electron chi connectivity index (χ1n) is 6.50. The number of carbonyl (C=O) groups is 1. The fraction of sp³-hybridized carbons (Fsp3) is 0.357. The maximum atomic E-state index is 11.6. The van der Waals surface area contributed by atoms with E-state index < -0.39 is 5.91 Å². The summed E-state index contributed by atoms with van der Waals surface area (Å²) in [6.07, 6.45) is 6.03. The molecule has 5 heteroatoms. The molecule has 0 radical (unpaired) electrons. The Hall–Kier alpha value is -2.17. The number of pyridine rings is 1. The molecular weight excluding hydrogens is 240 g/mol. The molecule has 0 aliphatic heterocycles. The van der Waals surface area contributed by atoms with Crippen molar-refractivity contribution in [2.75, 3.05) is 0 Å². The average molecular weight is 256 g/mol. The predicted octanol–water partition coefficient (Wildman–Crippen LogP) is 1.55. The molecule has 0 bridgehead atoms. The Bertz CT molecular complexity index is 645. The lowest BCUT2D eigenvalue weighted by Gasteiger charge is -2.17. The standard InChI is InChI=1S/C14H16N4O/c1-9-6-7-18(17-9)14-11(13(15)19)8-10-4-2-3-5-12(10)16-14/h6-8H,2-5H2,1H3,(H2,15,19). The van der Waals surface area contributed by atoms with Crippen molar-refractivity contribution in [2.45, 2.75) is 32.6 Å². The van der Waals surface area contributed by atoms with Gasteiger partial charge in [0, 0.05) is 11.9 Å². The number of hydrogen-bond donors (Lipinski definition) is 1. The molecule has 2 N–H and O–H groups in total. The van der Waals surface area contributed by atoms with E-state index >= 15 is 0 Å². The molecular formula is C14H16N4O. The Labute approximate surface area is 111 Å². The lowest BCUT2D eigenvalue weighted by Crippen LogP contribution is -2.19. The van der Waals surface area contributed by atoms with Gasteiger partial charge in [-0.3, -0.25) is 4.79 Å². The summed E-state index contributed by atoms with van der Waals surface area (Å²) in [6, 6.07) is 3.77. The van der Waals surface area contributed by atoms with Crippen molar-refractivity contribution < 1.29 is 4.79 Å². The first-order valence-corrected chi connectivity index (χ1v) is 6.50. The third-order valence-corrected chi connectivity index (χ3v) is 3.49. The van der Waals surface area contributed by atoms with Crippen molar-refractivity contribution in [3.63, 3.8) is 0 Å². The number of amides is 1. The van der Waals surface area contributed by atoms with Crippen molar-refractivity contribution in [2.24, 2.45) is 5.73 Å². The number of fused-ring (bicyclic) bond motifs is 1. The number of aryl methyl sites for hydroxylation is 3. The highest BCUT2D eigenvalue weighted by Crippen LogP contribution is 2.23. The number of hydrogen-bond acceptors (Lipinski definition) is 3. The Morgan fingerprint density at radius 3 is 2.84 bits per heavy atom. The highest BCUT2D eigenvalue weighted by molar-refractivity contribution is 5.96. The van der Waals surface area contributed by atoms with Crippen LogP contribution in [0.1, 0.15) is 40.2 Å². The highest BCUT2D eigenvalue weighted by Gasteiger charge is 2.19. The van der Waals surface area contributed by atoms with E-state index in [1.807, 2.05) is 19.1 Å². The van der Waals surface area contributed by atoms with Gasteiger partial charge in [-0.25, -0.2) is 9.67 Å². The van der Waals surface area contributed by atoms with Crippen LogP contribution in [0.3, 0.4) is 0 Å². The van der Waals surface area contributed by atoms with Crippen molar-refractivity contribution in [3.05, 3.63) is 40.8 Å². The van der Waals surface area contributed by atoms with Crippen LogP contribution in [-0.2, 0) is 12.8 Å². The SMILES string of the molecule is Cc1ccn(-c2nc3c(cc2C(N)=O)CCCC3)n1. The minimum atomic E-state index is -0.455. The van der Waals surface area contributed by atoms with Crippen LogP contribution in [0.15, 0.2) is 18.3 Å². The van der Waals surface area contributed by atoms with Gasteiger partial charge in [-0.2, -0.15) is 5.10 Å². The molecule has 3 rings (SSSR count). The molecule has 0 spiro atoms. The van der Waals surface area contributed by atoms with Crippen LogP contribution in [0, 0.1) is 6.92 Å². The highest BCUT2D eigenvalue weighted by atomic mass is 16.1. The molecule has 1 amide bonds. The maximum Gasteiger partial charge on any atom is 0.252 e. The normalized spacial score (nSPS) is 14.2. The molecule has 2 heterocycles. The second-order valence-electron chi connectivity index (χ2n) is 4.94. The first-order chi connectivity index (χ1) is 9.15. The summed E-state index contributed by atoms with van der Waals surface area (Å²) < 4.78 is 1.63. The Morgan fingerprint density at radius 2 is 2.16 bits per heavy atom. The van der Waals surface area contributed by atoms with Crippen molar-refractivity contribution in [1.82, 2.24) is 14.8 Å². The van der Waals surface area contributed by atoms with Crippen LogP contribution in [0.25, 0.3) is 5.82 Å². The number of primary amides is 1. The largest absolute Gasteiger partial charge is 0.365 e. The van der Waals surface area contributed by atoms with Gasteiger partial charge in [0.25, 0.3) is 5.91 Å². The molecule has 5 nitrogen and oxygen atoms in total. The molecule has 0 saturated carbocycles. The molecule has 0 saturated heterocycles. The second-order valence-corrected chi connectivity index (χ2v) is 4.94. The number of nitrogens with zero attached hydrogens (tertiary/aromatic N) is 3. The third-order valence-electron chi connectivity index (χ3n) is 3.49. The van der Waals surface area contributed by atoms with Gasteiger partial charge in [0.1, 0.15) is 0 Å². The summed E-state index contributed by atoms with van der Waals surface area (Å²) in [5.74, 6) is 0.0882. The summed E-state index contributed by atoms with van der Waals surface area (Å²) in [5, 5.41) is 4.32.